The molecular weight excluding hydrogens is 282 g/mol. The summed E-state index contributed by atoms with van der Waals surface area (Å²) in [5, 5.41) is 7.70. The highest BCUT2D eigenvalue weighted by molar-refractivity contribution is 4.75. The molecule has 1 atom stereocenters. The summed E-state index contributed by atoms with van der Waals surface area (Å²) in [4.78, 5) is 2.94. The van der Waals surface area contributed by atoms with Crippen LogP contribution >= 0.6 is 0 Å². The molecule has 0 aromatic rings. The van der Waals surface area contributed by atoms with Crippen molar-refractivity contribution < 1.29 is 41.3 Å². The molecule has 126 valence electrons. The predicted octanol–water partition coefficient (Wildman–Crippen LogP) is 4.25. The van der Waals surface area contributed by atoms with Gasteiger partial charge in [-0.1, -0.05) is 29.7 Å². The van der Waals surface area contributed by atoms with Crippen molar-refractivity contribution in [1.29, 1.82) is 0 Å². The van der Waals surface area contributed by atoms with E-state index in [9.17, 15) is 26.5 Å². The van der Waals surface area contributed by atoms with Crippen LogP contribution in [0.3, 0.4) is 0 Å². The highest BCUT2D eigenvalue weighted by atomic mass is 19.4. The van der Waals surface area contributed by atoms with Gasteiger partial charge in [0, 0.05) is 7.11 Å². The van der Waals surface area contributed by atoms with Crippen molar-refractivity contribution in [1.82, 2.24) is 0 Å². The maximum Gasteiger partial charge on any atom is 0.451 e. The second-order valence-electron chi connectivity index (χ2n) is 2.10. The number of methoxy groups -OCH3 is 1. The third-order valence-corrected chi connectivity index (χ3v) is 1.09. The zero-order valence-corrected chi connectivity index (χ0v) is 7.65. The van der Waals surface area contributed by atoms with Gasteiger partial charge in [0.05, 0.1) is 6.61 Å². The van der Waals surface area contributed by atoms with E-state index in [1.54, 1.807) is 0 Å². The third kappa shape index (κ3) is 15.4. The summed E-state index contributed by atoms with van der Waals surface area (Å²) in [7, 11) is 0.451. The average Bonchev–Trinajstić information content (AvgIpc) is 2.17. The summed E-state index contributed by atoms with van der Waals surface area (Å²) in [6.45, 7) is -2.70. The first-order valence-electron chi connectivity index (χ1n) is 3.50. The van der Waals surface area contributed by atoms with Gasteiger partial charge in [-0.2, -0.15) is 22.5 Å². The van der Waals surface area contributed by atoms with Crippen LogP contribution in [0.25, 0.3) is 0 Å². The lowest BCUT2D eigenvalue weighted by Gasteiger charge is -2.22. The fraction of sp³-hybridized carbons (Fsp3) is 1.00. The van der Waals surface area contributed by atoms with Crippen LogP contribution in [0.2, 0.25) is 0 Å². The van der Waals surface area contributed by atoms with Gasteiger partial charge in [-0.15, -0.1) is 0 Å². The smallest absolute Gasteiger partial charge is 0.394 e. The molecule has 0 aromatic heterocycles. The molecule has 0 heterocycles. The molecule has 0 spiro atoms. The van der Waals surface area contributed by atoms with Gasteiger partial charge < -0.3 is 9.84 Å². The Labute approximate surface area is 111 Å². The molecule has 19 heavy (non-hydrogen) atoms. The van der Waals surface area contributed by atoms with E-state index in [1.165, 1.54) is 0 Å². The molecule has 3 nitrogen and oxygen atoms in total. The standard InChI is InChI=1S/C4H5F5O.C2H5FO2.4CH4/c1-10-3(6,2-5)4(7,8)9;3-5-2-1-4;;;;/h2H2,1H3;4H,1-2H2;4*1H4. The average molecular weight is 308 g/mol. The van der Waals surface area contributed by atoms with E-state index in [4.69, 9.17) is 5.11 Å². The third-order valence-electron chi connectivity index (χ3n) is 1.09. The quantitative estimate of drug-likeness (QED) is 0.789. The normalized spacial score (nSPS) is 12.0. The first kappa shape index (κ1) is 36.2. The van der Waals surface area contributed by atoms with Gasteiger partial charge in [0.25, 0.3) is 0 Å². The lowest BCUT2D eigenvalue weighted by Crippen LogP contribution is -2.44. The number of hydrogen-bond donors (Lipinski definition) is 1. The van der Waals surface area contributed by atoms with Gasteiger partial charge in [-0.3, -0.25) is 0 Å². The molecule has 0 aromatic carbocycles. The van der Waals surface area contributed by atoms with Crippen LogP contribution < -0.4 is 0 Å². The second kappa shape index (κ2) is 17.5. The fourth-order valence-corrected chi connectivity index (χ4v) is 0.281. The molecule has 0 radical (unpaired) electrons. The second-order valence-corrected chi connectivity index (χ2v) is 2.10. The van der Waals surface area contributed by atoms with Crippen molar-refractivity contribution >= 4 is 0 Å². The van der Waals surface area contributed by atoms with Crippen LogP contribution in [0, 0.1) is 0 Å². The first-order chi connectivity index (χ1) is 6.79. The highest BCUT2D eigenvalue weighted by Crippen LogP contribution is 2.34. The van der Waals surface area contributed by atoms with E-state index in [0.717, 1.165) is 0 Å². The Morgan fingerprint density at radius 1 is 1.00 bits per heavy atom. The van der Waals surface area contributed by atoms with Crippen LogP contribution in [0.5, 0.6) is 0 Å². The molecule has 0 bridgehead atoms. The molecule has 1 unspecified atom stereocenters. The Morgan fingerprint density at radius 2 is 1.37 bits per heavy atom. The Bertz CT molecular complexity index is 149. The zero-order chi connectivity index (χ0) is 12.5. The Hall–Kier alpha value is -0.540. The van der Waals surface area contributed by atoms with Gasteiger partial charge in [0.1, 0.15) is 6.61 Å². The van der Waals surface area contributed by atoms with Crippen LogP contribution in [0.4, 0.5) is 26.5 Å². The summed E-state index contributed by atoms with van der Waals surface area (Å²) in [5.74, 6) is -4.15. The minimum absolute atomic E-state index is 0. The van der Waals surface area contributed by atoms with Crippen LogP contribution in [0.15, 0.2) is 0 Å². The SMILES string of the molecule is C.C.C.C.COC(F)(CF)C(F)(F)F.OCCOF. The molecular formula is C10H26F6O3. The van der Waals surface area contributed by atoms with Crippen molar-refractivity contribution in [3.05, 3.63) is 0 Å². The summed E-state index contributed by atoms with van der Waals surface area (Å²) in [6, 6.07) is 0. The molecule has 0 amide bonds. The lowest BCUT2D eigenvalue weighted by molar-refractivity contribution is -0.328. The van der Waals surface area contributed by atoms with E-state index in [2.05, 4.69) is 9.68 Å². The summed E-state index contributed by atoms with van der Waals surface area (Å²) >= 11 is 0. The predicted molar refractivity (Wildman–Crippen MR) is 63.9 cm³/mol. The first-order valence-corrected chi connectivity index (χ1v) is 3.50. The molecule has 0 rings (SSSR count). The number of alkyl halides is 5. The van der Waals surface area contributed by atoms with Gasteiger partial charge in [-0.25, -0.2) is 4.39 Å². The Balaban J connectivity index is -0.0000000418. The molecule has 0 aliphatic rings. The topological polar surface area (TPSA) is 38.7 Å². The van der Waals surface area contributed by atoms with E-state index >= 15 is 0 Å². The van der Waals surface area contributed by atoms with Crippen molar-refractivity contribution in [3.63, 3.8) is 0 Å². The van der Waals surface area contributed by atoms with E-state index in [0.29, 0.717) is 7.11 Å². The lowest BCUT2D eigenvalue weighted by atomic mass is 10.3. The van der Waals surface area contributed by atoms with Gasteiger partial charge in [-0.05, 0) is 4.53 Å². The summed E-state index contributed by atoms with van der Waals surface area (Å²) in [6.07, 6.45) is -5.31. The van der Waals surface area contributed by atoms with Gasteiger partial charge in [0.2, 0.25) is 0 Å². The Morgan fingerprint density at radius 3 is 1.37 bits per heavy atom. The van der Waals surface area contributed by atoms with Crippen molar-refractivity contribution in [2.45, 2.75) is 41.7 Å². The monoisotopic (exact) mass is 308 g/mol. The summed E-state index contributed by atoms with van der Waals surface area (Å²) in [5.41, 5.74) is 0. The minimum atomic E-state index is -5.31. The molecule has 0 saturated heterocycles. The zero-order valence-electron chi connectivity index (χ0n) is 7.65. The summed E-state index contributed by atoms with van der Waals surface area (Å²) < 4.78 is 71.1. The van der Waals surface area contributed by atoms with Crippen LogP contribution in [0.1, 0.15) is 29.7 Å². The fourth-order valence-electron chi connectivity index (χ4n) is 0.281. The number of aliphatic hydroxyl groups is 1. The minimum Gasteiger partial charge on any atom is -0.394 e. The number of rotatable bonds is 4. The van der Waals surface area contributed by atoms with Crippen molar-refractivity contribution in [3.8, 4) is 0 Å². The maximum absolute atomic E-state index is 12.0. The molecule has 0 saturated carbocycles. The van der Waals surface area contributed by atoms with Crippen molar-refractivity contribution in [2.24, 2.45) is 0 Å². The van der Waals surface area contributed by atoms with E-state index < -0.39 is 18.7 Å². The van der Waals surface area contributed by atoms with E-state index in [-0.39, 0.29) is 42.9 Å². The molecule has 0 aliphatic carbocycles. The van der Waals surface area contributed by atoms with Crippen molar-refractivity contribution in [2.75, 3.05) is 27.0 Å². The number of hydrogen-bond acceptors (Lipinski definition) is 3. The number of ether oxygens (including phenoxy) is 1. The molecule has 0 aliphatic heterocycles. The molecule has 1 N–H and O–H groups in total. The number of halogens is 6. The number of aliphatic hydroxyl groups excluding tert-OH is 1. The van der Waals surface area contributed by atoms with Crippen LogP contribution in [-0.2, 0) is 9.68 Å². The Kier molecular flexibility index (Phi) is 33.3. The van der Waals surface area contributed by atoms with Crippen LogP contribution in [-0.4, -0.2) is 44.1 Å². The maximum atomic E-state index is 12.0. The van der Waals surface area contributed by atoms with Gasteiger partial charge in [0.15, 0.2) is 6.67 Å². The molecule has 0 fully saturated rings. The highest BCUT2D eigenvalue weighted by Gasteiger charge is 2.57. The molecule has 9 heteroatoms. The van der Waals surface area contributed by atoms with E-state index in [1.807, 2.05) is 0 Å². The van der Waals surface area contributed by atoms with Gasteiger partial charge >= 0.3 is 12.0 Å². The largest absolute Gasteiger partial charge is 0.451 e.